The van der Waals surface area contributed by atoms with E-state index in [1.54, 1.807) is 4.57 Å². The molecule has 3 aromatic rings. The van der Waals surface area contributed by atoms with E-state index in [0.29, 0.717) is 49.1 Å². The van der Waals surface area contributed by atoms with Crippen molar-refractivity contribution in [3.8, 4) is 0 Å². The van der Waals surface area contributed by atoms with Gasteiger partial charge in [-0.15, -0.1) is 21.5 Å². The fourth-order valence-electron chi connectivity index (χ4n) is 5.62. The number of Topliss-reactive ketones (excluding diaryl/α,β-unsaturated/α-hetero) is 1. The lowest BCUT2D eigenvalue weighted by Crippen LogP contribution is -2.37. The maximum atomic E-state index is 13.6. The molecule has 3 heterocycles. The Morgan fingerprint density at radius 2 is 1.95 bits per heavy atom. The van der Waals surface area contributed by atoms with Crippen molar-refractivity contribution < 1.29 is 31.5 Å². The highest BCUT2D eigenvalue weighted by Crippen LogP contribution is 2.42. The fourth-order valence-corrected chi connectivity index (χ4v) is 6.98. The van der Waals surface area contributed by atoms with Crippen molar-refractivity contribution in [3.63, 3.8) is 0 Å². The van der Waals surface area contributed by atoms with Crippen LogP contribution in [0.3, 0.4) is 0 Å². The molecule has 3 aliphatic carbocycles. The average Bonchev–Trinajstić information content (AvgIpc) is 3.20. The molecule has 15 heteroatoms. The molecular formula is C26H28F5N7O2S. The van der Waals surface area contributed by atoms with Crippen LogP contribution in [0.1, 0.15) is 63.1 Å². The number of nitrogens with one attached hydrogen (secondary N) is 2. The molecule has 1 amide bonds. The number of carbonyl (C=O) groups is 2. The van der Waals surface area contributed by atoms with Crippen LogP contribution in [-0.4, -0.2) is 55.1 Å². The Bertz CT molecular complexity index is 1470. The third kappa shape index (κ3) is 5.60. The van der Waals surface area contributed by atoms with Gasteiger partial charge in [-0.1, -0.05) is 0 Å². The summed E-state index contributed by atoms with van der Waals surface area (Å²) in [5, 5.41) is 17.3. The minimum absolute atomic E-state index is 0.0202. The van der Waals surface area contributed by atoms with E-state index in [4.69, 9.17) is 0 Å². The molecule has 0 spiro atoms. The maximum Gasteiger partial charge on any atom is 0.435 e. The molecule has 0 aliphatic heterocycles. The summed E-state index contributed by atoms with van der Waals surface area (Å²) in [6.45, 7) is 0.333. The van der Waals surface area contributed by atoms with E-state index < -0.39 is 30.1 Å². The highest BCUT2D eigenvalue weighted by Gasteiger charge is 2.44. The van der Waals surface area contributed by atoms with Gasteiger partial charge in [0.15, 0.2) is 5.69 Å². The van der Waals surface area contributed by atoms with E-state index in [0.717, 1.165) is 21.2 Å². The van der Waals surface area contributed by atoms with Gasteiger partial charge in [0.1, 0.15) is 30.3 Å². The summed E-state index contributed by atoms with van der Waals surface area (Å²) in [6, 6.07) is 0.662. The Labute approximate surface area is 235 Å². The van der Waals surface area contributed by atoms with Crippen molar-refractivity contribution >= 4 is 34.8 Å². The molecule has 3 aromatic heterocycles. The standard InChI is InChI=1S/C26H28F5N7O2S/c1-37-22(9-21(36-37)26(29,30)31)34-25-35-33-11-38(25)14-2-3-19-16(6-14)23(24(40)32-10-12-4-13(27)5-12)20(41-19)8-18(39)15-7-17(15)28/h9,11-15,17H,2-8,10H2,1H3,(H,32,40)(H,34,35)/t12?,13?,14-,15-,17+/m0/s1. The number of halogens is 5. The molecule has 2 saturated carbocycles. The first kappa shape index (κ1) is 27.8. The van der Waals surface area contributed by atoms with E-state index in [1.807, 2.05) is 0 Å². The van der Waals surface area contributed by atoms with Gasteiger partial charge in [0, 0.05) is 41.9 Å². The zero-order chi connectivity index (χ0) is 29.1. The number of ketones is 1. The SMILES string of the molecule is Cn1nc(C(F)(F)F)cc1Nc1nncn1[C@H]1CCc2sc(CC(=O)[C@H]3C[C@H]3F)c(C(=O)NCC3CC(F)C3)c2C1. The van der Waals surface area contributed by atoms with Gasteiger partial charge in [-0.2, -0.15) is 18.3 Å². The number of hydrogen-bond acceptors (Lipinski definition) is 7. The normalized spacial score (nSPS) is 25.4. The third-order valence-electron chi connectivity index (χ3n) is 8.10. The molecule has 0 radical (unpaired) electrons. The predicted octanol–water partition coefficient (Wildman–Crippen LogP) is 4.51. The molecule has 41 heavy (non-hydrogen) atoms. The lowest BCUT2D eigenvalue weighted by molar-refractivity contribution is -0.141. The highest BCUT2D eigenvalue weighted by molar-refractivity contribution is 7.12. The number of nitrogens with zero attached hydrogens (tertiary/aromatic N) is 5. The van der Waals surface area contributed by atoms with Gasteiger partial charge in [0.25, 0.3) is 5.91 Å². The largest absolute Gasteiger partial charge is 0.435 e. The molecule has 2 fully saturated rings. The summed E-state index contributed by atoms with van der Waals surface area (Å²) in [7, 11) is 1.38. The first-order valence-corrected chi connectivity index (χ1v) is 14.3. The molecule has 3 aliphatic rings. The van der Waals surface area contributed by atoms with Crippen LogP contribution in [0, 0.1) is 11.8 Å². The van der Waals surface area contributed by atoms with Crippen molar-refractivity contribution in [2.45, 2.75) is 69.5 Å². The molecular weight excluding hydrogens is 569 g/mol. The van der Waals surface area contributed by atoms with E-state index in [2.05, 4.69) is 25.9 Å². The predicted molar refractivity (Wildman–Crippen MR) is 139 cm³/mol. The molecule has 2 N–H and O–H groups in total. The Hall–Kier alpha value is -3.36. The van der Waals surface area contributed by atoms with Gasteiger partial charge in [0.2, 0.25) is 5.95 Å². The lowest BCUT2D eigenvalue weighted by atomic mass is 9.83. The number of thiophene rings is 1. The quantitative estimate of drug-likeness (QED) is 0.352. The minimum atomic E-state index is -4.60. The van der Waals surface area contributed by atoms with Crippen molar-refractivity contribution in [2.24, 2.45) is 18.9 Å². The van der Waals surface area contributed by atoms with Crippen LogP contribution >= 0.6 is 11.3 Å². The van der Waals surface area contributed by atoms with Crippen molar-refractivity contribution in [1.82, 2.24) is 29.9 Å². The van der Waals surface area contributed by atoms with E-state index in [9.17, 15) is 31.5 Å². The first-order chi connectivity index (χ1) is 19.5. The Morgan fingerprint density at radius 1 is 1.20 bits per heavy atom. The Balaban J connectivity index is 1.24. The molecule has 0 unspecified atom stereocenters. The fraction of sp³-hybridized carbons (Fsp3) is 0.577. The Kier molecular flexibility index (Phi) is 7.10. The number of hydrogen-bond donors (Lipinski definition) is 2. The van der Waals surface area contributed by atoms with Gasteiger partial charge in [-0.05, 0) is 50.0 Å². The zero-order valence-electron chi connectivity index (χ0n) is 22.0. The van der Waals surface area contributed by atoms with Crippen LogP contribution in [0.2, 0.25) is 0 Å². The average molecular weight is 598 g/mol. The topological polar surface area (TPSA) is 107 Å². The molecule has 6 rings (SSSR count). The van der Waals surface area contributed by atoms with Gasteiger partial charge in [0.05, 0.1) is 11.5 Å². The van der Waals surface area contributed by atoms with E-state index >= 15 is 0 Å². The van der Waals surface area contributed by atoms with Gasteiger partial charge in [-0.25, -0.2) is 8.78 Å². The number of fused-ring (bicyclic) bond motifs is 1. The number of aromatic nitrogens is 5. The lowest BCUT2D eigenvalue weighted by Gasteiger charge is -2.29. The second-order valence-electron chi connectivity index (χ2n) is 11.1. The smallest absolute Gasteiger partial charge is 0.352 e. The summed E-state index contributed by atoms with van der Waals surface area (Å²) in [4.78, 5) is 27.7. The number of aryl methyl sites for hydroxylation is 2. The van der Waals surface area contributed by atoms with Crippen molar-refractivity contribution in [1.29, 1.82) is 0 Å². The van der Waals surface area contributed by atoms with Crippen molar-refractivity contribution in [3.05, 3.63) is 39.0 Å². The number of carbonyl (C=O) groups excluding carboxylic acids is 2. The minimum Gasteiger partial charge on any atom is -0.352 e. The van der Waals surface area contributed by atoms with Gasteiger partial charge < -0.3 is 10.6 Å². The molecule has 220 valence electrons. The van der Waals surface area contributed by atoms with E-state index in [1.165, 1.54) is 24.7 Å². The summed E-state index contributed by atoms with van der Waals surface area (Å²) < 4.78 is 69.1. The summed E-state index contributed by atoms with van der Waals surface area (Å²) in [6.07, 6.45) is -2.45. The van der Waals surface area contributed by atoms with Gasteiger partial charge in [-0.3, -0.25) is 18.8 Å². The molecule has 9 nitrogen and oxygen atoms in total. The number of amides is 1. The third-order valence-corrected chi connectivity index (χ3v) is 9.39. The number of rotatable bonds is 9. The second-order valence-corrected chi connectivity index (χ2v) is 12.3. The first-order valence-electron chi connectivity index (χ1n) is 13.5. The van der Waals surface area contributed by atoms with Crippen LogP contribution in [0.15, 0.2) is 12.4 Å². The van der Waals surface area contributed by atoms with Crippen LogP contribution < -0.4 is 10.6 Å². The van der Waals surface area contributed by atoms with Crippen LogP contribution in [0.25, 0.3) is 0 Å². The zero-order valence-corrected chi connectivity index (χ0v) is 22.9. The van der Waals surface area contributed by atoms with Crippen molar-refractivity contribution in [2.75, 3.05) is 11.9 Å². The molecule has 0 saturated heterocycles. The molecule has 0 bridgehead atoms. The highest BCUT2D eigenvalue weighted by atomic mass is 32.1. The summed E-state index contributed by atoms with van der Waals surface area (Å²) in [5.41, 5.74) is 0.163. The van der Waals surface area contributed by atoms with Gasteiger partial charge >= 0.3 is 6.18 Å². The maximum absolute atomic E-state index is 13.6. The molecule has 3 atom stereocenters. The summed E-state index contributed by atoms with van der Waals surface area (Å²) in [5.74, 6) is -0.809. The second kappa shape index (κ2) is 10.5. The number of anilines is 2. The van der Waals surface area contributed by atoms with E-state index in [-0.39, 0.29) is 48.3 Å². The molecule has 0 aromatic carbocycles. The number of alkyl halides is 5. The monoisotopic (exact) mass is 597 g/mol. The van der Waals surface area contributed by atoms with Crippen LogP contribution in [-0.2, 0) is 37.3 Å². The van der Waals surface area contributed by atoms with Crippen LogP contribution in [0.4, 0.5) is 33.7 Å². The van der Waals surface area contributed by atoms with Crippen LogP contribution in [0.5, 0.6) is 0 Å². The summed E-state index contributed by atoms with van der Waals surface area (Å²) >= 11 is 1.39. The Morgan fingerprint density at radius 3 is 2.61 bits per heavy atom.